The minimum Gasteiger partial charge on any atom is -0.352 e. The zero-order valence-electron chi connectivity index (χ0n) is 9.80. The van der Waals surface area contributed by atoms with Gasteiger partial charge in [-0.1, -0.05) is 12.1 Å². The van der Waals surface area contributed by atoms with Crippen LogP contribution in [0.2, 0.25) is 0 Å². The fraction of sp³-hybridized carbons (Fsp3) is 0.273. The molecule has 6 nitrogen and oxygen atoms in total. The minimum absolute atomic E-state index is 0.113. The summed E-state index contributed by atoms with van der Waals surface area (Å²) in [5.74, 6) is 0.625. The molecule has 0 radical (unpaired) electrons. The van der Waals surface area contributed by atoms with Crippen LogP contribution in [0.5, 0.6) is 0 Å². The Morgan fingerprint density at radius 2 is 2.22 bits per heavy atom. The van der Waals surface area contributed by atoms with Crippen LogP contribution in [0.1, 0.15) is 16.2 Å². The van der Waals surface area contributed by atoms with Crippen molar-refractivity contribution in [3.8, 4) is 0 Å². The third kappa shape index (κ3) is 2.92. The molecule has 18 heavy (non-hydrogen) atoms. The smallest absolute Gasteiger partial charge is 0.252 e. The third-order valence-corrected chi connectivity index (χ3v) is 3.15. The lowest BCUT2D eigenvalue weighted by atomic mass is 10.2. The van der Waals surface area contributed by atoms with E-state index in [1.165, 1.54) is 0 Å². The fourth-order valence-electron chi connectivity index (χ4n) is 1.49. The monoisotopic (exact) mass is 309 g/mol. The summed E-state index contributed by atoms with van der Waals surface area (Å²) in [4.78, 5) is 11.9. The average Bonchev–Trinajstić information content (AvgIpc) is 2.75. The number of carbonyl (C=O) groups excluding carboxylic acids is 1. The van der Waals surface area contributed by atoms with Gasteiger partial charge >= 0.3 is 0 Å². The molecule has 1 heterocycles. The first kappa shape index (κ1) is 12.7. The van der Waals surface area contributed by atoms with E-state index >= 15 is 0 Å². The number of aromatic nitrogens is 4. The highest BCUT2D eigenvalue weighted by Gasteiger charge is 2.09. The number of aryl methyl sites for hydroxylation is 1. The van der Waals surface area contributed by atoms with Gasteiger partial charge in [0.1, 0.15) is 0 Å². The van der Waals surface area contributed by atoms with Gasteiger partial charge in [-0.3, -0.25) is 4.79 Å². The molecule has 1 amide bonds. The fourth-order valence-corrected chi connectivity index (χ4v) is 1.95. The molecule has 0 atom stereocenters. The van der Waals surface area contributed by atoms with Gasteiger partial charge in [-0.05, 0) is 38.5 Å². The molecule has 0 spiro atoms. The summed E-state index contributed by atoms with van der Waals surface area (Å²) in [7, 11) is 1.77. The molecule has 0 aliphatic carbocycles. The summed E-state index contributed by atoms with van der Waals surface area (Å²) < 4.78 is 2.37. The van der Waals surface area contributed by atoms with Crippen molar-refractivity contribution < 1.29 is 4.79 Å². The molecule has 2 rings (SSSR count). The normalized spacial score (nSPS) is 10.3. The molecule has 7 heteroatoms. The number of hydrogen-bond donors (Lipinski definition) is 1. The van der Waals surface area contributed by atoms with Gasteiger partial charge in [0, 0.05) is 24.5 Å². The van der Waals surface area contributed by atoms with Crippen LogP contribution >= 0.6 is 15.9 Å². The molecule has 0 unspecified atom stereocenters. The maximum atomic E-state index is 11.9. The van der Waals surface area contributed by atoms with Crippen LogP contribution in [-0.2, 0) is 13.5 Å². The Balaban J connectivity index is 1.90. The van der Waals surface area contributed by atoms with Gasteiger partial charge in [-0.2, -0.15) is 0 Å². The van der Waals surface area contributed by atoms with Gasteiger partial charge in [0.25, 0.3) is 5.91 Å². The summed E-state index contributed by atoms with van der Waals surface area (Å²) in [5.41, 5.74) is 0.619. The van der Waals surface area contributed by atoms with Crippen molar-refractivity contribution in [1.29, 1.82) is 0 Å². The highest BCUT2D eigenvalue weighted by atomic mass is 79.9. The predicted molar refractivity (Wildman–Crippen MR) is 69.0 cm³/mol. The SMILES string of the molecule is Cn1nnnc1CCNC(=O)c1ccccc1Br. The Morgan fingerprint density at radius 3 is 2.89 bits per heavy atom. The minimum atomic E-state index is -0.113. The molecule has 1 aromatic carbocycles. The van der Waals surface area contributed by atoms with Crippen LogP contribution in [0, 0.1) is 0 Å². The van der Waals surface area contributed by atoms with Crippen molar-refractivity contribution in [3.63, 3.8) is 0 Å². The Bertz CT molecular complexity index is 554. The Labute approximate surface area is 113 Å². The highest BCUT2D eigenvalue weighted by Crippen LogP contribution is 2.15. The quantitative estimate of drug-likeness (QED) is 0.912. The zero-order valence-corrected chi connectivity index (χ0v) is 11.4. The van der Waals surface area contributed by atoms with E-state index in [2.05, 4.69) is 36.8 Å². The van der Waals surface area contributed by atoms with E-state index in [0.717, 1.165) is 10.3 Å². The Morgan fingerprint density at radius 1 is 1.44 bits per heavy atom. The molecule has 1 N–H and O–H groups in total. The maximum absolute atomic E-state index is 11.9. The number of amides is 1. The number of tetrazole rings is 1. The predicted octanol–water partition coefficient (Wildman–Crippen LogP) is 0.945. The first-order chi connectivity index (χ1) is 8.68. The number of benzene rings is 1. The van der Waals surface area contributed by atoms with Gasteiger partial charge in [0.05, 0.1) is 5.56 Å². The Kier molecular flexibility index (Phi) is 4.03. The van der Waals surface area contributed by atoms with Gasteiger partial charge in [-0.15, -0.1) is 5.10 Å². The molecule has 0 fully saturated rings. The van der Waals surface area contributed by atoms with Crippen molar-refractivity contribution >= 4 is 21.8 Å². The zero-order chi connectivity index (χ0) is 13.0. The molecule has 0 saturated heterocycles. The van der Waals surface area contributed by atoms with E-state index in [1.54, 1.807) is 17.8 Å². The summed E-state index contributed by atoms with van der Waals surface area (Å²) in [6, 6.07) is 7.29. The van der Waals surface area contributed by atoms with Crippen LogP contribution in [0.25, 0.3) is 0 Å². The van der Waals surface area contributed by atoms with Crippen molar-refractivity contribution in [2.24, 2.45) is 7.05 Å². The molecular formula is C11H12BrN5O. The average molecular weight is 310 g/mol. The van der Waals surface area contributed by atoms with Crippen LogP contribution in [-0.4, -0.2) is 32.7 Å². The molecule has 2 aromatic rings. The lowest BCUT2D eigenvalue weighted by Crippen LogP contribution is -2.26. The van der Waals surface area contributed by atoms with E-state index in [4.69, 9.17) is 0 Å². The molecule has 0 aliphatic heterocycles. The first-order valence-electron chi connectivity index (χ1n) is 5.42. The summed E-state index contributed by atoms with van der Waals surface area (Å²) >= 11 is 3.34. The van der Waals surface area contributed by atoms with Crippen molar-refractivity contribution in [2.45, 2.75) is 6.42 Å². The van der Waals surface area contributed by atoms with E-state index in [0.29, 0.717) is 18.5 Å². The van der Waals surface area contributed by atoms with Gasteiger partial charge < -0.3 is 5.32 Å². The van der Waals surface area contributed by atoms with Crippen LogP contribution < -0.4 is 5.32 Å². The number of hydrogen-bond acceptors (Lipinski definition) is 4. The molecule has 1 aromatic heterocycles. The van der Waals surface area contributed by atoms with Crippen molar-refractivity contribution in [3.05, 3.63) is 40.1 Å². The number of rotatable bonds is 4. The third-order valence-electron chi connectivity index (χ3n) is 2.46. The second-order valence-electron chi connectivity index (χ2n) is 3.70. The summed E-state index contributed by atoms with van der Waals surface area (Å²) in [5, 5.41) is 13.9. The van der Waals surface area contributed by atoms with Crippen molar-refractivity contribution in [2.75, 3.05) is 6.54 Å². The van der Waals surface area contributed by atoms with E-state index in [-0.39, 0.29) is 5.91 Å². The lowest BCUT2D eigenvalue weighted by molar-refractivity contribution is 0.0953. The number of nitrogens with one attached hydrogen (secondary N) is 1. The van der Waals surface area contributed by atoms with E-state index < -0.39 is 0 Å². The molecule has 0 aliphatic rings. The number of carbonyl (C=O) groups is 1. The van der Waals surface area contributed by atoms with Crippen LogP contribution in [0.3, 0.4) is 0 Å². The largest absolute Gasteiger partial charge is 0.352 e. The van der Waals surface area contributed by atoms with Crippen LogP contribution in [0.15, 0.2) is 28.7 Å². The highest BCUT2D eigenvalue weighted by molar-refractivity contribution is 9.10. The summed E-state index contributed by atoms with van der Waals surface area (Å²) in [6.45, 7) is 0.494. The van der Waals surface area contributed by atoms with Gasteiger partial charge in [-0.25, -0.2) is 4.68 Å². The molecule has 0 bridgehead atoms. The van der Waals surface area contributed by atoms with Crippen molar-refractivity contribution in [1.82, 2.24) is 25.5 Å². The Hall–Kier alpha value is -1.76. The number of nitrogens with zero attached hydrogens (tertiary/aromatic N) is 4. The standard InChI is InChI=1S/C11H12BrN5O/c1-17-10(14-15-16-17)6-7-13-11(18)8-4-2-3-5-9(8)12/h2-5H,6-7H2,1H3,(H,13,18). The maximum Gasteiger partial charge on any atom is 0.252 e. The number of halogens is 1. The second kappa shape index (κ2) is 5.72. The first-order valence-corrected chi connectivity index (χ1v) is 6.21. The van der Waals surface area contributed by atoms with Crippen LogP contribution in [0.4, 0.5) is 0 Å². The molecule has 94 valence electrons. The van der Waals surface area contributed by atoms with E-state index in [1.807, 2.05) is 18.2 Å². The topological polar surface area (TPSA) is 72.7 Å². The van der Waals surface area contributed by atoms with Gasteiger partial charge in [0.2, 0.25) is 0 Å². The second-order valence-corrected chi connectivity index (χ2v) is 4.56. The lowest BCUT2D eigenvalue weighted by Gasteiger charge is -2.05. The summed E-state index contributed by atoms with van der Waals surface area (Å²) in [6.07, 6.45) is 0.597. The van der Waals surface area contributed by atoms with E-state index in [9.17, 15) is 4.79 Å². The van der Waals surface area contributed by atoms with Gasteiger partial charge in [0.15, 0.2) is 5.82 Å². The molecular weight excluding hydrogens is 298 g/mol. The molecule has 0 saturated carbocycles.